The van der Waals surface area contributed by atoms with E-state index in [4.69, 9.17) is 4.52 Å². The summed E-state index contributed by atoms with van der Waals surface area (Å²) < 4.78 is 5.21. The highest BCUT2D eigenvalue weighted by molar-refractivity contribution is 5.74. The summed E-state index contributed by atoms with van der Waals surface area (Å²) in [5.74, 6) is 2.28. The molecule has 25 heavy (non-hydrogen) atoms. The topological polar surface area (TPSA) is 71.3 Å². The molecule has 1 saturated carbocycles. The van der Waals surface area contributed by atoms with Gasteiger partial charge in [0.1, 0.15) is 0 Å². The summed E-state index contributed by atoms with van der Waals surface area (Å²) in [5.41, 5.74) is 1.38. The third-order valence-corrected chi connectivity index (χ3v) is 5.10. The molecule has 1 saturated heterocycles. The SMILES string of the molecule is O=C(NCc1nc(C2CC2)no1)N1CCC[C@@H](c2ccccc2)CC1. The molecule has 0 unspecified atom stereocenters. The van der Waals surface area contributed by atoms with E-state index < -0.39 is 0 Å². The Hall–Kier alpha value is -2.37. The molecule has 132 valence electrons. The van der Waals surface area contributed by atoms with Crippen molar-refractivity contribution in [3.63, 3.8) is 0 Å². The zero-order valence-corrected chi connectivity index (χ0v) is 14.4. The van der Waals surface area contributed by atoms with Gasteiger partial charge in [-0.2, -0.15) is 4.98 Å². The van der Waals surface area contributed by atoms with E-state index in [9.17, 15) is 4.79 Å². The van der Waals surface area contributed by atoms with E-state index in [1.165, 1.54) is 5.56 Å². The molecule has 4 rings (SSSR count). The van der Waals surface area contributed by atoms with Crippen molar-refractivity contribution < 1.29 is 9.32 Å². The van der Waals surface area contributed by atoms with Crippen LogP contribution in [0, 0.1) is 0 Å². The van der Waals surface area contributed by atoms with Crippen LogP contribution < -0.4 is 5.32 Å². The summed E-state index contributed by atoms with van der Waals surface area (Å²) in [6.45, 7) is 1.88. The van der Waals surface area contributed by atoms with Gasteiger partial charge in [-0.15, -0.1) is 0 Å². The molecule has 1 aliphatic carbocycles. The lowest BCUT2D eigenvalue weighted by atomic mass is 9.92. The Labute approximate surface area is 147 Å². The monoisotopic (exact) mass is 340 g/mol. The van der Waals surface area contributed by atoms with E-state index in [0.29, 0.717) is 24.3 Å². The fourth-order valence-electron chi connectivity index (χ4n) is 3.47. The van der Waals surface area contributed by atoms with Crippen molar-refractivity contribution in [3.8, 4) is 0 Å². The maximum absolute atomic E-state index is 12.4. The van der Waals surface area contributed by atoms with Crippen molar-refractivity contribution >= 4 is 6.03 Å². The fourth-order valence-corrected chi connectivity index (χ4v) is 3.47. The molecular weight excluding hydrogens is 316 g/mol. The molecule has 0 radical (unpaired) electrons. The number of likely N-dealkylation sites (tertiary alicyclic amines) is 1. The van der Waals surface area contributed by atoms with Crippen LogP contribution in [0.5, 0.6) is 0 Å². The van der Waals surface area contributed by atoms with Crippen molar-refractivity contribution in [2.75, 3.05) is 13.1 Å². The van der Waals surface area contributed by atoms with E-state index in [-0.39, 0.29) is 6.03 Å². The number of amides is 2. The van der Waals surface area contributed by atoms with Crippen LogP contribution in [0.25, 0.3) is 0 Å². The van der Waals surface area contributed by atoms with Crippen LogP contribution >= 0.6 is 0 Å². The van der Waals surface area contributed by atoms with Crippen LogP contribution in [0.4, 0.5) is 4.79 Å². The molecule has 0 bridgehead atoms. The molecule has 2 fully saturated rings. The molecule has 2 aromatic rings. The van der Waals surface area contributed by atoms with Gasteiger partial charge in [0.15, 0.2) is 5.82 Å². The molecule has 0 spiro atoms. The summed E-state index contributed by atoms with van der Waals surface area (Å²) in [6.07, 6.45) is 5.44. The number of hydrogen-bond donors (Lipinski definition) is 1. The van der Waals surface area contributed by atoms with Gasteiger partial charge in [0, 0.05) is 19.0 Å². The predicted octanol–water partition coefficient (Wildman–Crippen LogP) is 3.43. The Balaban J connectivity index is 1.28. The van der Waals surface area contributed by atoms with E-state index in [1.807, 2.05) is 11.0 Å². The fraction of sp³-hybridized carbons (Fsp3) is 0.526. The van der Waals surface area contributed by atoms with Crippen LogP contribution in [0.1, 0.15) is 61.2 Å². The van der Waals surface area contributed by atoms with Gasteiger partial charge in [0.05, 0.1) is 6.54 Å². The molecule has 1 aromatic heterocycles. The van der Waals surface area contributed by atoms with Crippen LogP contribution in [0.15, 0.2) is 34.9 Å². The molecule has 2 amide bonds. The van der Waals surface area contributed by atoms with E-state index >= 15 is 0 Å². The average Bonchev–Trinajstić information content (AvgIpc) is 3.44. The first-order chi connectivity index (χ1) is 12.3. The third kappa shape index (κ3) is 4.00. The van der Waals surface area contributed by atoms with Crippen LogP contribution in [0.3, 0.4) is 0 Å². The average molecular weight is 340 g/mol. The van der Waals surface area contributed by atoms with Gasteiger partial charge in [-0.3, -0.25) is 0 Å². The lowest BCUT2D eigenvalue weighted by molar-refractivity contribution is 0.197. The second kappa shape index (κ2) is 7.25. The minimum atomic E-state index is -0.0418. The Morgan fingerprint density at radius 2 is 1.96 bits per heavy atom. The van der Waals surface area contributed by atoms with Gasteiger partial charge in [0.25, 0.3) is 0 Å². The zero-order valence-electron chi connectivity index (χ0n) is 14.4. The molecule has 6 heteroatoms. The molecule has 1 aromatic carbocycles. The summed E-state index contributed by atoms with van der Waals surface area (Å²) in [7, 11) is 0. The normalized spacial score (nSPS) is 21.0. The van der Waals surface area contributed by atoms with Crippen LogP contribution in [-0.2, 0) is 6.54 Å². The lowest BCUT2D eigenvalue weighted by Crippen LogP contribution is -2.40. The Morgan fingerprint density at radius 3 is 2.76 bits per heavy atom. The van der Waals surface area contributed by atoms with Gasteiger partial charge in [0.2, 0.25) is 5.89 Å². The number of aromatic nitrogens is 2. The molecule has 1 aliphatic heterocycles. The van der Waals surface area contributed by atoms with Gasteiger partial charge in [-0.1, -0.05) is 35.5 Å². The standard InChI is InChI=1S/C19H24N4O2/c24-19(20-13-17-21-18(22-25-17)16-8-9-16)23-11-4-7-15(10-12-23)14-5-2-1-3-6-14/h1-3,5-6,15-16H,4,7-13H2,(H,20,24)/t15-/m1/s1. The second-order valence-electron chi connectivity index (χ2n) is 7.00. The van der Waals surface area contributed by atoms with Gasteiger partial charge >= 0.3 is 6.03 Å². The maximum Gasteiger partial charge on any atom is 0.317 e. The third-order valence-electron chi connectivity index (χ3n) is 5.10. The molecule has 1 N–H and O–H groups in total. The Bertz CT molecular complexity index is 711. The highest BCUT2D eigenvalue weighted by Crippen LogP contribution is 2.38. The molecule has 1 atom stereocenters. The quantitative estimate of drug-likeness (QED) is 0.925. The number of carbonyl (C=O) groups excluding carboxylic acids is 1. The van der Waals surface area contributed by atoms with Crippen molar-refractivity contribution in [1.82, 2.24) is 20.4 Å². The number of carbonyl (C=O) groups is 1. The Kier molecular flexibility index (Phi) is 4.68. The first-order valence-electron chi connectivity index (χ1n) is 9.20. The maximum atomic E-state index is 12.4. The lowest BCUT2D eigenvalue weighted by Gasteiger charge is -2.20. The van der Waals surface area contributed by atoms with Crippen molar-refractivity contribution in [3.05, 3.63) is 47.6 Å². The summed E-state index contributed by atoms with van der Waals surface area (Å²) in [5, 5.41) is 6.89. The highest BCUT2D eigenvalue weighted by Gasteiger charge is 2.29. The zero-order chi connectivity index (χ0) is 17.1. The van der Waals surface area contributed by atoms with Crippen molar-refractivity contribution in [2.24, 2.45) is 0 Å². The molecule has 2 aliphatic rings. The highest BCUT2D eigenvalue weighted by atomic mass is 16.5. The van der Waals surface area contributed by atoms with E-state index in [2.05, 4.69) is 39.7 Å². The molecule has 2 heterocycles. The number of hydrogen-bond acceptors (Lipinski definition) is 4. The van der Waals surface area contributed by atoms with Gasteiger partial charge < -0.3 is 14.7 Å². The van der Waals surface area contributed by atoms with E-state index in [0.717, 1.165) is 51.0 Å². The summed E-state index contributed by atoms with van der Waals surface area (Å²) in [6, 6.07) is 10.6. The minimum Gasteiger partial charge on any atom is -0.337 e. The van der Waals surface area contributed by atoms with Crippen LogP contribution in [0.2, 0.25) is 0 Å². The van der Waals surface area contributed by atoms with Gasteiger partial charge in [-0.25, -0.2) is 4.79 Å². The number of nitrogens with one attached hydrogen (secondary N) is 1. The number of rotatable bonds is 4. The molecular formula is C19H24N4O2. The predicted molar refractivity (Wildman–Crippen MR) is 93.1 cm³/mol. The first-order valence-corrected chi connectivity index (χ1v) is 9.20. The summed E-state index contributed by atoms with van der Waals surface area (Å²) in [4.78, 5) is 18.7. The number of urea groups is 1. The first kappa shape index (κ1) is 16.1. The van der Waals surface area contributed by atoms with Crippen molar-refractivity contribution in [1.29, 1.82) is 0 Å². The van der Waals surface area contributed by atoms with E-state index in [1.54, 1.807) is 0 Å². The second-order valence-corrected chi connectivity index (χ2v) is 7.00. The van der Waals surface area contributed by atoms with Gasteiger partial charge in [-0.05, 0) is 43.6 Å². The van der Waals surface area contributed by atoms with Crippen molar-refractivity contribution in [2.45, 2.75) is 50.5 Å². The molecule has 6 nitrogen and oxygen atoms in total. The number of benzene rings is 1. The largest absolute Gasteiger partial charge is 0.337 e. The smallest absolute Gasteiger partial charge is 0.317 e. The number of nitrogens with zero attached hydrogens (tertiary/aromatic N) is 3. The Morgan fingerprint density at radius 1 is 1.12 bits per heavy atom. The summed E-state index contributed by atoms with van der Waals surface area (Å²) >= 11 is 0. The van der Waals surface area contributed by atoms with Crippen LogP contribution in [-0.4, -0.2) is 34.2 Å². The minimum absolute atomic E-state index is 0.0418.